The van der Waals surface area contributed by atoms with E-state index in [0.29, 0.717) is 12.0 Å². The molecule has 0 saturated heterocycles. The number of hydrogen-bond donors (Lipinski definition) is 1. The summed E-state index contributed by atoms with van der Waals surface area (Å²) in [6.45, 7) is 0.0964. The zero-order chi connectivity index (χ0) is 19.0. The zero-order valence-corrected chi connectivity index (χ0v) is 14.6. The summed E-state index contributed by atoms with van der Waals surface area (Å²) < 4.78 is 40.9. The summed E-state index contributed by atoms with van der Waals surface area (Å²) in [5, 5.41) is 2.69. The van der Waals surface area contributed by atoms with E-state index in [2.05, 4.69) is 10.1 Å². The predicted molar refractivity (Wildman–Crippen MR) is 94.1 cm³/mol. The second-order valence-electron chi connectivity index (χ2n) is 6.15. The van der Waals surface area contributed by atoms with Gasteiger partial charge in [0.2, 0.25) is 0 Å². The number of hydrogen-bond acceptors (Lipinski definition) is 2. The van der Waals surface area contributed by atoms with Crippen molar-refractivity contribution in [1.82, 2.24) is 5.32 Å². The molecule has 0 aromatic heterocycles. The monoisotopic (exact) mass is 365 g/mol. The van der Waals surface area contributed by atoms with E-state index in [4.69, 9.17) is 0 Å². The summed E-state index contributed by atoms with van der Waals surface area (Å²) in [4.78, 5) is 12.5. The fourth-order valence-corrected chi connectivity index (χ4v) is 2.58. The maximum atomic E-state index is 12.5. The third-order valence-electron chi connectivity index (χ3n) is 3.80. The van der Waals surface area contributed by atoms with Crippen LogP contribution in [0, 0.1) is 0 Å². The minimum Gasteiger partial charge on any atom is -0.370 e. The SMILES string of the molecule is CC(COCC(F)(F)F)NC(=O)c1ccccc1CCc1ccccc1. The van der Waals surface area contributed by atoms with Crippen molar-refractivity contribution in [2.45, 2.75) is 32.0 Å². The third-order valence-corrected chi connectivity index (χ3v) is 3.80. The predicted octanol–water partition coefficient (Wildman–Crippen LogP) is 4.17. The Hall–Kier alpha value is -2.34. The van der Waals surface area contributed by atoms with Gasteiger partial charge < -0.3 is 10.1 Å². The molecule has 1 N–H and O–H groups in total. The molecule has 1 amide bonds. The zero-order valence-electron chi connectivity index (χ0n) is 14.6. The molecule has 2 rings (SSSR count). The minimum absolute atomic E-state index is 0.197. The first-order valence-corrected chi connectivity index (χ1v) is 8.42. The summed E-state index contributed by atoms with van der Waals surface area (Å²) in [7, 11) is 0. The van der Waals surface area contributed by atoms with Crippen molar-refractivity contribution >= 4 is 5.91 Å². The number of ether oxygens (including phenoxy) is 1. The van der Waals surface area contributed by atoms with Gasteiger partial charge in [0.25, 0.3) is 5.91 Å². The lowest BCUT2D eigenvalue weighted by atomic mass is 9.99. The first kappa shape index (κ1) is 20.0. The summed E-state index contributed by atoms with van der Waals surface area (Å²) in [5.74, 6) is -0.309. The molecule has 0 aliphatic rings. The minimum atomic E-state index is -4.37. The summed E-state index contributed by atoms with van der Waals surface area (Å²) >= 11 is 0. The lowest BCUT2D eigenvalue weighted by molar-refractivity contribution is -0.174. The molecule has 0 aliphatic heterocycles. The van der Waals surface area contributed by atoms with Gasteiger partial charge in [0.15, 0.2) is 0 Å². The van der Waals surface area contributed by atoms with Crippen molar-refractivity contribution < 1.29 is 22.7 Å². The highest BCUT2D eigenvalue weighted by Gasteiger charge is 2.27. The molecule has 26 heavy (non-hydrogen) atoms. The molecule has 3 nitrogen and oxygen atoms in total. The molecule has 1 atom stereocenters. The van der Waals surface area contributed by atoms with Crippen molar-refractivity contribution in [3.8, 4) is 0 Å². The highest BCUT2D eigenvalue weighted by atomic mass is 19.4. The molecule has 2 aromatic rings. The molecule has 0 fully saturated rings. The van der Waals surface area contributed by atoms with E-state index in [1.807, 2.05) is 42.5 Å². The molecule has 1 unspecified atom stereocenters. The van der Waals surface area contributed by atoms with Crippen LogP contribution in [0.3, 0.4) is 0 Å². The highest BCUT2D eigenvalue weighted by Crippen LogP contribution is 2.15. The van der Waals surface area contributed by atoms with Gasteiger partial charge in [0.1, 0.15) is 6.61 Å². The molecule has 6 heteroatoms. The van der Waals surface area contributed by atoms with Gasteiger partial charge in [-0.05, 0) is 37.0 Å². The average Bonchev–Trinajstić information content (AvgIpc) is 2.60. The number of carbonyl (C=O) groups excluding carboxylic acids is 1. The quantitative estimate of drug-likeness (QED) is 0.763. The molecule has 0 radical (unpaired) electrons. The van der Waals surface area contributed by atoms with E-state index in [9.17, 15) is 18.0 Å². The number of halogens is 3. The Kier molecular flexibility index (Phi) is 7.21. The van der Waals surface area contributed by atoms with E-state index >= 15 is 0 Å². The Labute approximate surface area is 151 Å². The van der Waals surface area contributed by atoms with Crippen LogP contribution < -0.4 is 5.32 Å². The second kappa shape index (κ2) is 9.38. The number of alkyl halides is 3. The molecule has 0 aliphatic carbocycles. The Balaban J connectivity index is 1.92. The van der Waals surface area contributed by atoms with Crippen LogP contribution >= 0.6 is 0 Å². The van der Waals surface area contributed by atoms with E-state index in [1.165, 1.54) is 5.56 Å². The standard InChI is InChI=1S/C20H22F3NO2/c1-15(13-26-14-20(21,22)23)24-19(25)18-10-6-5-9-17(18)12-11-16-7-3-2-4-8-16/h2-10,15H,11-14H2,1H3,(H,24,25). The number of nitrogens with one attached hydrogen (secondary N) is 1. The molecular weight excluding hydrogens is 343 g/mol. The fourth-order valence-electron chi connectivity index (χ4n) is 2.58. The molecule has 0 heterocycles. The Bertz CT molecular complexity index is 702. The van der Waals surface area contributed by atoms with Crippen molar-refractivity contribution in [2.75, 3.05) is 13.2 Å². The van der Waals surface area contributed by atoms with E-state index in [0.717, 1.165) is 12.0 Å². The fraction of sp³-hybridized carbons (Fsp3) is 0.350. The molecule has 0 spiro atoms. The Morgan fingerprint density at radius 2 is 1.69 bits per heavy atom. The van der Waals surface area contributed by atoms with Crippen molar-refractivity contribution in [2.24, 2.45) is 0 Å². The first-order valence-electron chi connectivity index (χ1n) is 8.42. The van der Waals surface area contributed by atoms with Crippen LogP contribution in [0.25, 0.3) is 0 Å². The van der Waals surface area contributed by atoms with Crippen LogP contribution in [0.15, 0.2) is 54.6 Å². The molecule has 0 saturated carbocycles. The molecule has 2 aromatic carbocycles. The summed E-state index contributed by atoms with van der Waals surface area (Å²) in [6, 6.07) is 16.7. The average molecular weight is 365 g/mol. The highest BCUT2D eigenvalue weighted by molar-refractivity contribution is 5.95. The van der Waals surface area contributed by atoms with Crippen molar-refractivity contribution in [3.05, 3.63) is 71.3 Å². The topological polar surface area (TPSA) is 38.3 Å². The van der Waals surface area contributed by atoms with Crippen LogP contribution in [-0.2, 0) is 17.6 Å². The first-order chi connectivity index (χ1) is 12.3. The van der Waals surface area contributed by atoms with E-state index in [-0.39, 0.29) is 12.5 Å². The smallest absolute Gasteiger partial charge is 0.370 e. The number of benzene rings is 2. The summed E-state index contributed by atoms with van der Waals surface area (Å²) in [6.07, 6.45) is -2.87. The second-order valence-corrected chi connectivity index (χ2v) is 6.15. The van der Waals surface area contributed by atoms with Crippen molar-refractivity contribution in [1.29, 1.82) is 0 Å². The molecular formula is C20H22F3NO2. The van der Waals surface area contributed by atoms with Gasteiger partial charge >= 0.3 is 6.18 Å². The number of amides is 1. The third kappa shape index (κ3) is 6.88. The van der Waals surface area contributed by atoms with Gasteiger partial charge in [-0.15, -0.1) is 0 Å². The van der Waals surface area contributed by atoms with Gasteiger partial charge in [0, 0.05) is 11.6 Å². The van der Waals surface area contributed by atoms with E-state index < -0.39 is 18.8 Å². The maximum absolute atomic E-state index is 12.5. The maximum Gasteiger partial charge on any atom is 0.411 e. The number of aryl methyl sites for hydroxylation is 2. The van der Waals surface area contributed by atoms with Gasteiger partial charge in [0.05, 0.1) is 6.61 Å². The normalized spacial score (nSPS) is 12.6. The Morgan fingerprint density at radius 1 is 1.04 bits per heavy atom. The Morgan fingerprint density at radius 3 is 2.38 bits per heavy atom. The molecule has 0 bridgehead atoms. The molecule has 140 valence electrons. The van der Waals surface area contributed by atoms with Crippen LogP contribution in [0.4, 0.5) is 13.2 Å². The largest absolute Gasteiger partial charge is 0.411 e. The van der Waals surface area contributed by atoms with Gasteiger partial charge in [-0.3, -0.25) is 4.79 Å². The lowest BCUT2D eigenvalue weighted by Gasteiger charge is -2.16. The van der Waals surface area contributed by atoms with Crippen LogP contribution in [0.2, 0.25) is 0 Å². The van der Waals surface area contributed by atoms with Gasteiger partial charge in [-0.2, -0.15) is 13.2 Å². The van der Waals surface area contributed by atoms with Crippen LogP contribution in [0.1, 0.15) is 28.4 Å². The lowest BCUT2D eigenvalue weighted by Crippen LogP contribution is -2.37. The van der Waals surface area contributed by atoms with Crippen LogP contribution in [0.5, 0.6) is 0 Å². The van der Waals surface area contributed by atoms with Crippen LogP contribution in [-0.4, -0.2) is 31.3 Å². The number of rotatable bonds is 8. The van der Waals surface area contributed by atoms with Crippen molar-refractivity contribution in [3.63, 3.8) is 0 Å². The van der Waals surface area contributed by atoms with E-state index in [1.54, 1.807) is 19.1 Å². The van der Waals surface area contributed by atoms with Gasteiger partial charge in [-0.1, -0.05) is 48.5 Å². The van der Waals surface area contributed by atoms with Gasteiger partial charge in [-0.25, -0.2) is 0 Å². The summed E-state index contributed by atoms with van der Waals surface area (Å²) in [5.41, 5.74) is 2.61. The number of carbonyl (C=O) groups is 1.